The zero-order valence-electron chi connectivity index (χ0n) is 9.83. The molecule has 2 atom stereocenters. The Balaban J connectivity index is 1.58. The van der Waals surface area contributed by atoms with Gasteiger partial charge >= 0.3 is 6.09 Å². The first-order chi connectivity index (χ1) is 8.74. The number of likely N-dealkylation sites (tertiary alicyclic amines) is 1. The fourth-order valence-corrected chi connectivity index (χ4v) is 2.49. The lowest BCUT2D eigenvalue weighted by Gasteiger charge is -2.25. The summed E-state index contributed by atoms with van der Waals surface area (Å²) in [5.41, 5.74) is 0.944. The number of piperazine rings is 1. The maximum absolute atomic E-state index is 11.9. The Kier molecular flexibility index (Phi) is 2.66. The highest BCUT2D eigenvalue weighted by atomic mass is 16.6. The molecule has 18 heavy (non-hydrogen) atoms. The summed E-state index contributed by atoms with van der Waals surface area (Å²) >= 11 is 0. The molecule has 0 unspecified atom stereocenters. The first-order valence-corrected chi connectivity index (χ1v) is 6.02. The van der Waals surface area contributed by atoms with Crippen molar-refractivity contribution >= 4 is 12.0 Å². The second-order valence-corrected chi connectivity index (χ2v) is 4.65. The number of nitrogens with one attached hydrogen (secondary N) is 1. The molecular weight excluding hydrogens is 232 g/mol. The Labute approximate surface area is 105 Å². The van der Waals surface area contributed by atoms with E-state index >= 15 is 0 Å². The molecule has 3 rings (SSSR count). The topological polar surface area (TPSA) is 58.6 Å². The van der Waals surface area contributed by atoms with Crippen LogP contribution in [0.1, 0.15) is 12.0 Å². The number of carbonyl (C=O) groups excluding carboxylic acids is 2. The first-order valence-electron chi connectivity index (χ1n) is 6.02. The van der Waals surface area contributed by atoms with Crippen LogP contribution in [0.2, 0.25) is 0 Å². The highest BCUT2D eigenvalue weighted by molar-refractivity contribution is 5.89. The van der Waals surface area contributed by atoms with Gasteiger partial charge in [0.2, 0.25) is 5.91 Å². The van der Waals surface area contributed by atoms with Crippen LogP contribution in [-0.2, 0) is 16.1 Å². The van der Waals surface area contributed by atoms with Crippen LogP contribution in [0.15, 0.2) is 30.3 Å². The molecule has 2 saturated heterocycles. The van der Waals surface area contributed by atoms with Gasteiger partial charge in [-0.1, -0.05) is 30.3 Å². The molecule has 2 aliphatic heterocycles. The number of rotatable bonds is 2. The maximum atomic E-state index is 11.9. The summed E-state index contributed by atoms with van der Waals surface area (Å²) in [7, 11) is 0. The number of hydrogen-bond donors (Lipinski definition) is 1. The lowest BCUT2D eigenvalue weighted by molar-refractivity contribution is -0.124. The van der Waals surface area contributed by atoms with Crippen LogP contribution in [0.25, 0.3) is 0 Å². The van der Waals surface area contributed by atoms with Crippen molar-refractivity contribution < 1.29 is 14.3 Å². The molecule has 2 amide bonds. The van der Waals surface area contributed by atoms with Crippen molar-refractivity contribution in [3.63, 3.8) is 0 Å². The Morgan fingerprint density at radius 1 is 1.39 bits per heavy atom. The van der Waals surface area contributed by atoms with Crippen molar-refractivity contribution in [3.05, 3.63) is 35.9 Å². The second kappa shape index (κ2) is 4.33. The minimum Gasteiger partial charge on any atom is -0.445 e. The molecule has 2 bridgehead atoms. The van der Waals surface area contributed by atoms with E-state index in [0.29, 0.717) is 13.0 Å². The molecule has 1 aromatic rings. The SMILES string of the molecule is O=C1N[C@@H]2C[C@H]1N(C(=O)OCc1ccccc1)C2. The number of ether oxygens (including phenoxy) is 1. The predicted molar refractivity (Wildman–Crippen MR) is 63.7 cm³/mol. The molecule has 1 N–H and O–H groups in total. The molecule has 0 aliphatic carbocycles. The molecule has 2 aliphatic rings. The molecule has 0 spiro atoms. The van der Waals surface area contributed by atoms with Crippen molar-refractivity contribution in [1.82, 2.24) is 10.2 Å². The summed E-state index contributed by atoms with van der Waals surface area (Å²) in [5, 5.41) is 2.82. The van der Waals surface area contributed by atoms with Gasteiger partial charge in [-0.25, -0.2) is 4.79 Å². The highest BCUT2D eigenvalue weighted by Crippen LogP contribution is 2.25. The van der Waals surface area contributed by atoms with Crippen LogP contribution < -0.4 is 5.32 Å². The largest absolute Gasteiger partial charge is 0.445 e. The first kappa shape index (κ1) is 11.1. The molecule has 5 heteroatoms. The predicted octanol–water partition coefficient (Wildman–Crippen LogP) is 0.896. The number of amides is 2. The van der Waals surface area contributed by atoms with Crippen molar-refractivity contribution in [2.75, 3.05) is 6.54 Å². The summed E-state index contributed by atoms with van der Waals surface area (Å²) in [6.07, 6.45) is 0.306. The average molecular weight is 246 g/mol. The van der Waals surface area contributed by atoms with E-state index in [1.54, 1.807) is 0 Å². The summed E-state index contributed by atoms with van der Waals surface area (Å²) in [4.78, 5) is 24.9. The van der Waals surface area contributed by atoms with E-state index in [1.165, 1.54) is 4.90 Å². The van der Waals surface area contributed by atoms with Gasteiger partial charge in [0.1, 0.15) is 12.6 Å². The molecule has 94 valence electrons. The monoisotopic (exact) mass is 246 g/mol. The minimum atomic E-state index is -0.402. The van der Waals surface area contributed by atoms with Crippen LogP contribution in [0, 0.1) is 0 Å². The van der Waals surface area contributed by atoms with Crippen LogP contribution in [0.5, 0.6) is 0 Å². The van der Waals surface area contributed by atoms with Gasteiger partial charge in [-0.3, -0.25) is 9.69 Å². The van der Waals surface area contributed by atoms with Gasteiger partial charge in [0, 0.05) is 12.6 Å². The standard InChI is InChI=1S/C13H14N2O3/c16-12-11-6-10(14-12)7-15(11)13(17)18-8-9-4-2-1-3-5-9/h1-5,10-11H,6-8H2,(H,14,16)/t10-,11-/m1/s1. The van der Waals surface area contributed by atoms with Crippen LogP contribution in [0.3, 0.4) is 0 Å². The van der Waals surface area contributed by atoms with Gasteiger partial charge in [0.05, 0.1) is 0 Å². The van der Waals surface area contributed by atoms with Gasteiger partial charge in [0.15, 0.2) is 0 Å². The van der Waals surface area contributed by atoms with Gasteiger partial charge in [-0.15, -0.1) is 0 Å². The maximum Gasteiger partial charge on any atom is 0.410 e. The average Bonchev–Trinajstić information content (AvgIpc) is 2.96. The molecular formula is C13H14N2O3. The van der Waals surface area contributed by atoms with E-state index < -0.39 is 6.09 Å². The van der Waals surface area contributed by atoms with E-state index in [1.807, 2.05) is 30.3 Å². The Morgan fingerprint density at radius 3 is 2.83 bits per heavy atom. The quantitative estimate of drug-likeness (QED) is 0.843. The highest BCUT2D eigenvalue weighted by Gasteiger charge is 2.46. The smallest absolute Gasteiger partial charge is 0.410 e. The van der Waals surface area contributed by atoms with Crippen LogP contribution >= 0.6 is 0 Å². The van der Waals surface area contributed by atoms with E-state index in [2.05, 4.69) is 5.32 Å². The lowest BCUT2D eigenvalue weighted by Crippen LogP contribution is -2.50. The molecule has 1 aromatic carbocycles. The fourth-order valence-electron chi connectivity index (χ4n) is 2.49. The van der Waals surface area contributed by atoms with E-state index in [0.717, 1.165) is 5.56 Å². The van der Waals surface area contributed by atoms with Gasteiger partial charge in [0.25, 0.3) is 0 Å². The molecule has 2 fully saturated rings. The third kappa shape index (κ3) is 1.92. The van der Waals surface area contributed by atoms with Gasteiger partial charge < -0.3 is 10.1 Å². The second-order valence-electron chi connectivity index (χ2n) is 4.65. The van der Waals surface area contributed by atoms with Crippen molar-refractivity contribution in [2.24, 2.45) is 0 Å². The molecule has 0 radical (unpaired) electrons. The molecule has 0 saturated carbocycles. The summed E-state index contributed by atoms with van der Waals surface area (Å²) < 4.78 is 5.22. The number of fused-ring (bicyclic) bond motifs is 2. The number of nitrogens with zero attached hydrogens (tertiary/aromatic N) is 1. The summed E-state index contributed by atoms with van der Waals surface area (Å²) in [6.45, 7) is 0.805. The van der Waals surface area contributed by atoms with E-state index in [-0.39, 0.29) is 24.6 Å². The fraction of sp³-hybridized carbons (Fsp3) is 0.385. The third-order valence-electron chi connectivity index (χ3n) is 3.39. The third-order valence-corrected chi connectivity index (χ3v) is 3.39. The zero-order chi connectivity index (χ0) is 12.5. The Morgan fingerprint density at radius 2 is 2.17 bits per heavy atom. The summed E-state index contributed by atoms with van der Waals surface area (Å²) in [5.74, 6) is -0.0667. The Hall–Kier alpha value is -2.04. The summed E-state index contributed by atoms with van der Waals surface area (Å²) in [6, 6.07) is 9.27. The van der Waals surface area contributed by atoms with Crippen LogP contribution in [0.4, 0.5) is 4.79 Å². The Bertz CT molecular complexity index is 474. The van der Waals surface area contributed by atoms with Gasteiger partial charge in [-0.05, 0) is 12.0 Å². The number of carbonyl (C=O) groups is 2. The normalized spacial score (nSPS) is 25.1. The zero-order valence-corrected chi connectivity index (χ0v) is 9.83. The van der Waals surface area contributed by atoms with E-state index in [4.69, 9.17) is 4.74 Å². The molecule has 5 nitrogen and oxygen atoms in total. The molecule has 2 heterocycles. The molecule has 0 aromatic heterocycles. The van der Waals surface area contributed by atoms with Crippen molar-refractivity contribution in [1.29, 1.82) is 0 Å². The lowest BCUT2D eigenvalue weighted by atomic mass is 10.2. The minimum absolute atomic E-state index is 0.0667. The van der Waals surface area contributed by atoms with Crippen LogP contribution in [-0.4, -0.2) is 35.5 Å². The van der Waals surface area contributed by atoms with E-state index in [9.17, 15) is 9.59 Å². The number of benzene rings is 1. The van der Waals surface area contributed by atoms with Crippen molar-refractivity contribution in [3.8, 4) is 0 Å². The van der Waals surface area contributed by atoms with Gasteiger partial charge in [-0.2, -0.15) is 0 Å². The number of hydrogen-bond acceptors (Lipinski definition) is 3. The van der Waals surface area contributed by atoms with Crippen molar-refractivity contribution in [2.45, 2.75) is 25.1 Å².